The normalized spacial score (nSPS) is 33.7. The number of aromatic nitrogens is 2. The van der Waals surface area contributed by atoms with E-state index in [-0.39, 0.29) is 11.7 Å². The van der Waals surface area contributed by atoms with Gasteiger partial charge in [0.2, 0.25) is 0 Å². The van der Waals surface area contributed by atoms with Crippen LogP contribution in [-0.4, -0.2) is 34.3 Å². The highest BCUT2D eigenvalue weighted by Gasteiger charge is 2.42. The topological polar surface area (TPSA) is 69.2 Å². The van der Waals surface area contributed by atoms with E-state index in [0.29, 0.717) is 17.8 Å². The number of aromatic amines is 1. The summed E-state index contributed by atoms with van der Waals surface area (Å²) in [6, 6.07) is 1.60. The molecular formula is C14H19N3O2. The first-order valence-electron chi connectivity index (χ1n) is 7.25. The van der Waals surface area contributed by atoms with E-state index < -0.39 is 0 Å². The molecule has 0 aromatic carbocycles. The number of fused-ring (bicyclic) bond motifs is 1. The number of hydrogen-bond acceptors (Lipinski definition) is 4. The van der Waals surface area contributed by atoms with Crippen LogP contribution in [0.15, 0.2) is 10.9 Å². The average molecular weight is 261 g/mol. The number of H-pyrrole nitrogens is 1. The van der Waals surface area contributed by atoms with Gasteiger partial charge in [0.05, 0.1) is 6.10 Å². The van der Waals surface area contributed by atoms with Crippen LogP contribution in [0.4, 0.5) is 5.82 Å². The fourth-order valence-electron chi connectivity index (χ4n) is 3.60. The monoisotopic (exact) mass is 261 g/mol. The van der Waals surface area contributed by atoms with E-state index in [9.17, 15) is 9.90 Å². The summed E-state index contributed by atoms with van der Waals surface area (Å²) in [5, 5.41) is 9.96. The number of hydrogen-bond donors (Lipinski definition) is 2. The lowest BCUT2D eigenvalue weighted by Crippen LogP contribution is -2.27. The summed E-state index contributed by atoms with van der Waals surface area (Å²) >= 11 is 0. The minimum absolute atomic E-state index is 0.0514. The molecule has 0 bridgehead atoms. The summed E-state index contributed by atoms with van der Waals surface area (Å²) in [6.45, 7) is 1.77. The van der Waals surface area contributed by atoms with Crippen LogP contribution in [0.2, 0.25) is 0 Å². The van der Waals surface area contributed by atoms with E-state index >= 15 is 0 Å². The van der Waals surface area contributed by atoms with Crippen molar-refractivity contribution >= 4 is 5.82 Å². The smallest absolute Gasteiger partial charge is 0.252 e. The lowest BCUT2D eigenvalue weighted by atomic mass is 10.00. The second-order valence-corrected chi connectivity index (χ2v) is 6.24. The van der Waals surface area contributed by atoms with Crippen molar-refractivity contribution in [1.82, 2.24) is 9.97 Å². The van der Waals surface area contributed by atoms with Gasteiger partial charge in [0.15, 0.2) is 0 Å². The van der Waals surface area contributed by atoms with E-state index in [0.717, 1.165) is 50.4 Å². The molecular weight excluding hydrogens is 242 g/mol. The molecule has 19 heavy (non-hydrogen) atoms. The molecule has 4 rings (SSSR count). The van der Waals surface area contributed by atoms with Crippen molar-refractivity contribution < 1.29 is 5.11 Å². The van der Waals surface area contributed by atoms with Crippen LogP contribution in [0.3, 0.4) is 0 Å². The zero-order valence-electron chi connectivity index (χ0n) is 10.9. The molecule has 3 fully saturated rings. The van der Waals surface area contributed by atoms with Gasteiger partial charge in [0.25, 0.3) is 5.56 Å². The van der Waals surface area contributed by atoms with E-state index in [1.165, 1.54) is 0 Å². The summed E-state index contributed by atoms with van der Waals surface area (Å²) in [5.74, 6) is 3.04. The largest absolute Gasteiger partial charge is 0.393 e. The van der Waals surface area contributed by atoms with Gasteiger partial charge in [-0.2, -0.15) is 0 Å². The molecule has 3 atom stereocenters. The van der Waals surface area contributed by atoms with Crippen molar-refractivity contribution in [2.45, 2.75) is 37.7 Å². The molecule has 2 N–H and O–H groups in total. The zero-order chi connectivity index (χ0) is 13.0. The fourth-order valence-corrected chi connectivity index (χ4v) is 3.60. The Morgan fingerprint density at radius 1 is 1.26 bits per heavy atom. The maximum absolute atomic E-state index is 11.7. The van der Waals surface area contributed by atoms with Gasteiger partial charge in [0.1, 0.15) is 11.6 Å². The Kier molecular flexibility index (Phi) is 2.45. The minimum Gasteiger partial charge on any atom is -0.393 e. The third kappa shape index (κ3) is 1.96. The predicted octanol–water partition coefficient (Wildman–Crippen LogP) is 0.854. The quantitative estimate of drug-likeness (QED) is 0.828. The van der Waals surface area contributed by atoms with E-state index in [1.54, 1.807) is 6.07 Å². The summed E-state index contributed by atoms with van der Waals surface area (Å²) in [7, 11) is 0. The molecule has 2 aliphatic carbocycles. The van der Waals surface area contributed by atoms with Crippen molar-refractivity contribution in [1.29, 1.82) is 0 Å². The summed E-state index contributed by atoms with van der Waals surface area (Å²) in [6.07, 6.45) is 4.13. The van der Waals surface area contributed by atoms with Crippen LogP contribution in [0.5, 0.6) is 0 Å². The first kappa shape index (κ1) is 11.5. The lowest BCUT2D eigenvalue weighted by molar-refractivity contribution is 0.133. The molecule has 0 amide bonds. The van der Waals surface area contributed by atoms with Gasteiger partial charge in [-0.3, -0.25) is 4.79 Å². The molecule has 1 saturated heterocycles. The molecule has 1 aliphatic heterocycles. The van der Waals surface area contributed by atoms with Gasteiger partial charge in [-0.15, -0.1) is 0 Å². The van der Waals surface area contributed by atoms with Crippen LogP contribution in [0, 0.1) is 11.8 Å². The molecule has 1 aromatic heterocycles. The Morgan fingerprint density at radius 2 is 2.11 bits per heavy atom. The third-order valence-corrected chi connectivity index (χ3v) is 4.85. The highest BCUT2D eigenvalue weighted by atomic mass is 16.3. The molecule has 0 radical (unpaired) electrons. The molecule has 3 aliphatic rings. The van der Waals surface area contributed by atoms with Gasteiger partial charge in [-0.05, 0) is 31.6 Å². The second-order valence-electron chi connectivity index (χ2n) is 6.24. The van der Waals surface area contributed by atoms with Crippen molar-refractivity contribution in [2.75, 3.05) is 18.0 Å². The molecule has 5 nitrogen and oxygen atoms in total. The van der Waals surface area contributed by atoms with Gasteiger partial charge in [-0.25, -0.2) is 4.98 Å². The predicted molar refractivity (Wildman–Crippen MR) is 71.3 cm³/mol. The van der Waals surface area contributed by atoms with Gasteiger partial charge >= 0.3 is 0 Å². The van der Waals surface area contributed by atoms with Crippen molar-refractivity contribution in [3.63, 3.8) is 0 Å². The van der Waals surface area contributed by atoms with Crippen molar-refractivity contribution in [3.05, 3.63) is 22.2 Å². The molecule has 2 saturated carbocycles. The first-order valence-corrected chi connectivity index (χ1v) is 7.25. The number of aliphatic hydroxyl groups is 1. The first-order chi connectivity index (χ1) is 9.20. The molecule has 0 spiro atoms. The second kappa shape index (κ2) is 4.07. The van der Waals surface area contributed by atoms with Crippen LogP contribution in [-0.2, 0) is 0 Å². The fraction of sp³-hybridized carbons (Fsp3) is 0.714. The maximum atomic E-state index is 11.7. The zero-order valence-corrected chi connectivity index (χ0v) is 10.9. The molecule has 1 aromatic rings. The number of anilines is 1. The van der Waals surface area contributed by atoms with Crippen molar-refractivity contribution in [2.24, 2.45) is 11.8 Å². The van der Waals surface area contributed by atoms with Gasteiger partial charge in [0, 0.05) is 31.0 Å². The highest BCUT2D eigenvalue weighted by Crippen LogP contribution is 2.41. The maximum Gasteiger partial charge on any atom is 0.252 e. The minimum atomic E-state index is -0.167. The van der Waals surface area contributed by atoms with E-state index in [1.807, 2.05) is 0 Å². The Hall–Kier alpha value is -1.36. The molecule has 5 heteroatoms. The molecule has 2 heterocycles. The Balaban J connectivity index is 1.61. The number of nitrogens with one attached hydrogen (secondary N) is 1. The molecule has 3 unspecified atom stereocenters. The number of nitrogens with zero attached hydrogens (tertiary/aromatic N) is 2. The number of rotatable bonds is 2. The van der Waals surface area contributed by atoms with E-state index in [2.05, 4.69) is 14.9 Å². The summed E-state index contributed by atoms with van der Waals surface area (Å²) in [5.41, 5.74) is -0.0514. The molecule has 102 valence electrons. The SMILES string of the molecule is O=c1cc(N2CC3CCC(O)C3C2)nc(C2CC2)[nH]1. The summed E-state index contributed by atoms with van der Waals surface area (Å²) in [4.78, 5) is 21.4. The number of aliphatic hydroxyl groups excluding tert-OH is 1. The van der Waals surface area contributed by atoms with Crippen LogP contribution >= 0.6 is 0 Å². The lowest BCUT2D eigenvalue weighted by Gasteiger charge is -2.19. The Labute approximate surface area is 111 Å². The van der Waals surface area contributed by atoms with Crippen LogP contribution < -0.4 is 10.5 Å². The summed E-state index contributed by atoms with van der Waals surface area (Å²) < 4.78 is 0. The Bertz CT molecular complexity index is 552. The third-order valence-electron chi connectivity index (χ3n) is 4.85. The highest BCUT2D eigenvalue weighted by molar-refractivity contribution is 5.40. The van der Waals surface area contributed by atoms with Crippen molar-refractivity contribution in [3.8, 4) is 0 Å². The average Bonchev–Trinajstić information content (AvgIpc) is 3.06. The van der Waals surface area contributed by atoms with Gasteiger partial charge in [-0.1, -0.05) is 0 Å². The Morgan fingerprint density at radius 3 is 2.84 bits per heavy atom. The standard InChI is InChI=1S/C14H19N3O2/c18-11-4-3-9-6-17(7-10(9)11)12-5-13(19)16-14(15-12)8-1-2-8/h5,8-11,18H,1-4,6-7H2,(H,15,16,19). The van der Waals surface area contributed by atoms with Crippen LogP contribution in [0.25, 0.3) is 0 Å². The van der Waals surface area contributed by atoms with Crippen LogP contribution in [0.1, 0.15) is 37.4 Å². The van der Waals surface area contributed by atoms with E-state index in [4.69, 9.17) is 0 Å². The van der Waals surface area contributed by atoms with Gasteiger partial charge < -0.3 is 15.0 Å².